The number of rotatable bonds is 3. The zero-order valence-electron chi connectivity index (χ0n) is 15.4. The summed E-state index contributed by atoms with van der Waals surface area (Å²) in [6.07, 6.45) is 7.41. The lowest BCUT2D eigenvalue weighted by Gasteiger charge is -2.18. The Morgan fingerprint density at radius 1 is 1.29 bits per heavy atom. The van der Waals surface area contributed by atoms with Gasteiger partial charge in [-0.25, -0.2) is 4.39 Å². The highest BCUT2D eigenvalue weighted by Crippen LogP contribution is 2.30. The molecule has 0 radical (unpaired) electrons. The van der Waals surface area contributed by atoms with Crippen LogP contribution in [0, 0.1) is 5.82 Å². The van der Waals surface area contributed by atoms with Crippen LogP contribution in [0.5, 0.6) is 0 Å². The minimum atomic E-state index is -0.284. The highest BCUT2D eigenvalue weighted by atomic mass is 19.1. The zero-order chi connectivity index (χ0) is 19.3. The second-order valence-electron chi connectivity index (χ2n) is 7.24. The molecule has 2 aliphatic heterocycles. The monoisotopic (exact) mass is 374 g/mol. The number of aryl methyl sites for hydroxylation is 1. The van der Waals surface area contributed by atoms with Gasteiger partial charge in [-0.15, -0.1) is 0 Å². The molecule has 6 heteroatoms. The molecule has 1 unspecified atom stereocenters. The minimum Gasteiger partial charge on any atom is -0.382 e. The molecule has 3 aromatic rings. The molecule has 1 N–H and O–H groups in total. The van der Waals surface area contributed by atoms with E-state index in [4.69, 9.17) is 0 Å². The Balaban J connectivity index is 1.46. The number of halogens is 1. The molecular formula is C22H19FN4O. The molecule has 2 aliphatic rings. The first-order valence-corrected chi connectivity index (χ1v) is 9.23. The van der Waals surface area contributed by atoms with Gasteiger partial charge in [0, 0.05) is 48.4 Å². The highest BCUT2D eigenvalue weighted by molar-refractivity contribution is 5.98. The summed E-state index contributed by atoms with van der Waals surface area (Å²) in [4.78, 5) is 14.3. The second-order valence-corrected chi connectivity index (χ2v) is 7.24. The molecule has 3 heterocycles. The van der Waals surface area contributed by atoms with Crippen molar-refractivity contribution in [2.24, 2.45) is 7.05 Å². The van der Waals surface area contributed by atoms with Crippen molar-refractivity contribution in [2.45, 2.75) is 12.6 Å². The molecule has 5 rings (SSSR count). The van der Waals surface area contributed by atoms with Crippen molar-refractivity contribution in [3.8, 4) is 11.1 Å². The lowest BCUT2D eigenvalue weighted by atomic mass is 10.0. The normalized spacial score (nSPS) is 18.4. The van der Waals surface area contributed by atoms with Crippen LogP contribution >= 0.6 is 0 Å². The van der Waals surface area contributed by atoms with Crippen molar-refractivity contribution < 1.29 is 9.18 Å². The second kappa shape index (κ2) is 6.34. The molecule has 1 fully saturated rings. The smallest absolute Gasteiger partial charge is 0.252 e. The summed E-state index contributed by atoms with van der Waals surface area (Å²) in [5.41, 5.74) is 3.47. The van der Waals surface area contributed by atoms with Gasteiger partial charge >= 0.3 is 0 Å². The fourth-order valence-corrected chi connectivity index (χ4v) is 3.97. The van der Waals surface area contributed by atoms with Crippen molar-refractivity contribution in [1.29, 1.82) is 0 Å². The number of allylic oxidation sites excluding steroid dienone is 2. The van der Waals surface area contributed by atoms with E-state index in [-0.39, 0.29) is 24.3 Å². The summed E-state index contributed by atoms with van der Waals surface area (Å²) in [5.74, 6) is -0.322. The molecule has 140 valence electrons. The van der Waals surface area contributed by atoms with Gasteiger partial charge in [-0.2, -0.15) is 5.10 Å². The van der Waals surface area contributed by atoms with Crippen LogP contribution in [-0.2, 0) is 18.4 Å². The highest BCUT2D eigenvalue weighted by Gasteiger charge is 2.35. The van der Waals surface area contributed by atoms with Crippen molar-refractivity contribution in [1.82, 2.24) is 20.0 Å². The van der Waals surface area contributed by atoms with E-state index >= 15 is 4.39 Å². The Bertz CT molecular complexity index is 1160. The van der Waals surface area contributed by atoms with E-state index in [9.17, 15) is 4.79 Å². The third-order valence-electron chi connectivity index (χ3n) is 5.35. The fraction of sp³-hybridized carbons (Fsp3) is 0.182. The number of nitrogens with zero attached hydrogens (tertiary/aromatic N) is 3. The van der Waals surface area contributed by atoms with Crippen LogP contribution in [-0.4, -0.2) is 33.2 Å². The Morgan fingerprint density at radius 2 is 2.18 bits per heavy atom. The summed E-state index contributed by atoms with van der Waals surface area (Å²) >= 11 is 0. The maximum absolute atomic E-state index is 15.3. The van der Waals surface area contributed by atoms with Crippen LogP contribution in [0.15, 0.2) is 66.5 Å². The molecule has 0 bridgehead atoms. The van der Waals surface area contributed by atoms with Gasteiger partial charge in [0.05, 0.1) is 11.6 Å². The van der Waals surface area contributed by atoms with Crippen molar-refractivity contribution >= 4 is 16.8 Å². The molecular weight excluding hydrogens is 355 g/mol. The SMILES string of the molecule is Cn1cc2cc(-c3cccc(CN4CC5NC=CC=C5C4=O)c3F)ccc2n1. The van der Waals surface area contributed by atoms with Crippen LogP contribution in [0.3, 0.4) is 0 Å². The maximum Gasteiger partial charge on any atom is 0.252 e. The molecule has 2 aromatic carbocycles. The molecule has 1 amide bonds. The number of carbonyl (C=O) groups excluding carboxylic acids is 1. The lowest BCUT2D eigenvalue weighted by Crippen LogP contribution is -2.30. The minimum absolute atomic E-state index is 0.0169. The number of carbonyl (C=O) groups is 1. The largest absolute Gasteiger partial charge is 0.382 e. The predicted molar refractivity (Wildman–Crippen MR) is 106 cm³/mol. The van der Waals surface area contributed by atoms with Gasteiger partial charge in [-0.05, 0) is 36.0 Å². The molecule has 0 aliphatic carbocycles. The van der Waals surface area contributed by atoms with E-state index in [1.165, 1.54) is 0 Å². The molecule has 28 heavy (non-hydrogen) atoms. The predicted octanol–water partition coefficient (Wildman–Crippen LogP) is 3.13. The maximum atomic E-state index is 15.3. The summed E-state index contributed by atoms with van der Waals surface area (Å²) in [6.45, 7) is 0.795. The number of hydrogen-bond acceptors (Lipinski definition) is 3. The standard InChI is InChI=1S/C22H19FN4O/c1-26-11-16-10-14(7-8-19(16)25-26)17-5-2-4-15(21(17)23)12-27-13-20-18(22(27)28)6-3-9-24-20/h2-11,20,24H,12-13H2,1H3. The quantitative estimate of drug-likeness (QED) is 0.766. The zero-order valence-corrected chi connectivity index (χ0v) is 15.4. The number of hydrogen-bond donors (Lipinski definition) is 1. The van der Waals surface area contributed by atoms with E-state index in [2.05, 4.69) is 10.4 Å². The average Bonchev–Trinajstić information content (AvgIpc) is 3.22. The van der Waals surface area contributed by atoms with Crippen LogP contribution in [0.1, 0.15) is 5.56 Å². The fourth-order valence-electron chi connectivity index (χ4n) is 3.97. The Morgan fingerprint density at radius 3 is 3.04 bits per heavy atom. The van der Waals surface area contributed by atoms with Crippen LogP contribution in [0.25, 0.3) is 22.0 Å². The van der Waals surface area contributed by atoms with Crippen LogP contribution in [0.4, 0.5) is 4.39 Å². The van der Waals surface area contributed by atoms with Gasteiger partial charge in [0.15, 0.2) is 0 Å². The van der Waals surface area contributed by atoms with Gasteiger partial charge in [0.25, 0.3) is 5.91 Å². The van der Waals surface area contributed by atoms with Crippen molar-refractivity contribution in [3.05, 3.63) is 77.9 Å². The summed E-state index contributed by atoms with van der Waals surface area (Å²) in [5, 5.41) is 8.51. The number of fused-ring (bicyclic) bond motifs is 2. The Kier molecular flexibility index (Phi) is 3.79. The number of likely N-dealkylation sites (tertiary alicyclic amines) is 1. The van der Waals surface area contributed by atoms with E-state index in [1.807, 2.05) is 55.9 Å². The Hall–Kier alpha value is -3.41. The summed E-state index contributed by atoms with van der Waals surface area (Å²) in [6, 6.07) is 11.1. The number of benzene rings is 2. The third-order valence-corrected chi connectivity index (χ3v) is 5.35. The first kappa shape index (κ1) is 16.7. The van der Waals surface area contributed by atoms with Gasteiger partial charge < -0.3 is 10.2 Å². The summed E-state index contributed by atoms with van der Waals surface area (Å²) in [7, 11) is 1.87. The van der Waals surface area contributed by atoms with Gasteiger partial charge in [-0.1, -0.05) is 24.3 Å². The van der Waals surface area contributed by atoms with Gasteiger partial charge in [-0.3, -0.25) is 9.48 Å². The number of amides is 1. The molecule has 5 nitrogen and oxygen atoms in total. The Labute approximate surface area is 161 Å². The van der Waals surface area contributed by atoms with E-state index in [0.717, 1.165) is 22.0 Å². The first-order valence-electron chi connectivity index (χ1n) is 9.23. The summed E-state index contributed by atoms with van der Waals surface area (Å²) < 4.78 is 17.1. The molecule has 1 saturated heterocycles. The molecule has 1 aromatic heterocycles. The van der Waals surface area contributed by atoms with E-state index < -0.39 is 0 Å². The molecule has 1 atom stereocenters. The van der Waals surface area contributed by atoms with E-state index in [0.29, 0.717) is 17.7 Å². The average molecular weight is 374 g/mol. The van der Waals surface area contributed by atoms with Gasteiger partial charge in [0.2, 0.25) is 0 Å². The molecule has 0 saturated carbocycles. The van der Waals surface area contributed by atoms with Crippen LogP contribution in [0.2, 0.25) is 0 Å². The van der Waals surface area contributed by atoms with Crippen LogP contribution < -0.4 is 5.32 Å². The van der Waals surface area contributed by atoms with Crippen molar-refractivity contribution in [3.63, 3.8) is 0 Å². The topological polar surface area (TPSA) is 50.2 Å². The van der Waals surface area contributed by atoms with Crippen molar-refractivity contribution in [2.75, 3.05) is 6.54 Å². The lowest BCUT2D eigenvalue weighted by molar-refractivity contribution is -0.125. The number of nitrogens with one attached hydrogen (secondary N) is 1. The number of dihydropyridines is 1. The van der Waals surface area contributed by atoms with Gasteiger partial charge in [0.1, 0.15) is 5.82 Å². The third kappa shape index (κ3) is 2.69. The molecule has 0 spiro atoms. The number of aromatic nitrogens is 2. The first-order chi connectivity index (χ1) is 13.6. The van der Waals surface area contributed by atoms with E-state index in [1.54, 1.807) is 21.7 Å².